The Bertz CT molecular complexity index is 960. The maximum absolute atomic E-state index is 12.7. The van der Waals surface area contributed by atoms with E-state index in [1.54, 1.807) is 14.2 Å². The van der Waals surface area contributed by atoms with Crippen molar-refractivity contribution in [3.05, 3.63) is 48.0 Å². The standard InChI is InChI=1S/C22H25N3O4/c1-27-19-9-5-6-16(20(19)28-2)14-23-21(26)15-10-12-25(13-11-15)22-24-17-7-3-4-8-18(17)29-22/h3-9,15H,10-14H2,1-2H3,(H,23,26). The van der Waals surface area contributed by atoms with E-state index in [-0.39, 0.29) is 11.8 Å². The summed E-state index contributed by atoms with van der Waals surface area (Å²) in [6, 6.07) is 14.0. The van der Waals surface area contributed by atoms with Gasteiger partial charge in [-0.25, -0.2) is 0 Å². The highest BCUT2D eigenvalue weighted by atomic mass is 16.5. The summed E-state index contributed by atoms with van der Waals surface area (Å²) in [6.45, 7) is 1.89. The average molecular weight is 395 g/mol. The molecule has 1 fully saturated rings. The van der Waals surface area contributed by atoms with Crippen molar-refractivity contribution in [2.75, 3.05) is 32.2 Å². The second-order valence-corrected chi connectivity index (χ2v) is 7.10. The van der Waals surface area contributed by atoms with Crippen LogP contribution < -0.4 is 19.7 Å². The lowest BCUT2D eigenvalue weighted by Gasteiger charge is -2.30. The van der Waals surface area contributed by atoms with Gasteiger partial charge in [0.2, 0.25) is 5.91 Å². The Kier molecular flexibility index (Phi) is 5.55. The maximum Gasteiger partial charge on any atom is 0.298 e. The molecule has 2 heterocycles. The minimum Gasteiger partial charge on any atom is -0.493 e. The van der Waals surface area contributed by atoms with Crippen LogP contribution in [0, 0.1) is 5.92 Å². The van der Waals surface area contributed by atoms with Crippen LogP contribution in [-0.4, -0.2) is 38.2 Å². The summed E-state index contributed by atoms with van der Waals surface area (Å²) >= 11 is 0. The van der Waals surface area contributed by atoms with Crippen LogP contribution in [0.25, 0.3) is 11.1 Å². The van der Waals surface area contributed by atoms with Crippen LogP contribution in [0.3, 0.4) is 0 Å². The predicted molar refractivity (Wildman–Crippen MR) is 110 cm³/mol. The Morgan fingerprint density at radius 1 is 1.14 bits per heavy atom. The molecule has 0 bridgehead atoms. The highest BCUT2D eigenvalue weighted by molar-refractivity contribution is 5.79. The topological polar surface area (TPSA) is 76.8 Å². The molecule has 1 N–H and O–H groups in total. The molecule has 29 heavy (non-hydrogen) atoms. The molecule has 1 aliphatic rings. The van der Waals surface area contributed by atoms with Crippen molar-refractivity contribution in [3.63, 3.8) is 0 Å². The molecule has 0 spiro atoms. The number of nitrogens with one attached hydrogen (secondary N) is 1. The molecule has 2 aromatic carbocycles. The molecule has 0 aliphatic carbocycles. The van der Waals surface area contributed by atoms with Gasteiger partial charge in [0.15, 0.2) is 17.1 Å². The van der Waals surface area contributed by atoms with Crippen LogP contribution >= 0.6 is 0 Å². The van der Waals surface area contributed by atoms with Crippen LogP contribution in [0.2, 0.25) is 0 Å². The number of piperidine rings is 1. The smallest absolute Gasteiger partial charge is 0.298 e. The van der Waals surface area contributed by atoms with Crippen molar-refractivity contribution in [2.24, 2.45) is 5.92 Å². The first-order valence-electron chi connectivity index (χ1n) is 9.77. The van der Waals surface area contributed by atoms with E-state index in [9.17, 15) is 4.79 Å². The quantitative estimate of drug-likeness (QED) is 0.690. The van der Waals surface area contributed by atoms with E-state index in [2.05, 4.69) is 15.2 Å². The zero-order valence-electron chi connectivity index (χ0n) is 16.7. The van der Waals surface area contributed by atoms with Crippen LogP contribution in [0.4, 0.5) is 6.01 Å². The molecule has 4 rings (SSSR count). The fourth-order valence-electron chi connectivity index (χ4n) is 3.75. The van der Waals surface area contributed by atoms with Crippen LogP contribution in [0.15, 0.2) is 46.9 Å². The molecule has 152 valence electrons. The lowest BCUT2D eigenvalue weighted by atomic mass is 9.96. The number of aromatic nitrogens is 1. The highest BCUT2D eigenvalue weighted by Gasteiger charge is 2.27. The fraction of sp³-hybridized carbons (Fsp3) is 0.364. The van der Waals surface area contributed by atoms with Crippen LogP contribution in [0.5, 0.6) is 11.5 Å². The molecule has 0 unspecified atom stereocenters. The van der Waals surface area contributed by atoms with Crippen molar-refractivity contribution in [1.82, 2.24) is 10.3 Å². The monoisotopic (exact) mass is 395 g/mol. The van der Waals surface area contributed by atoms with E-state index in [4.69, 9.17) is 13.9 Å². The van der Waals surface area contributed by atoms with Gasteiger partial charge in [0.1, 0.15) is 5.52 Å². The lowest BCUT2D eigenvalue weighted by molar-refractivity contribution is -0.125. The van der Waals surface area contributed by atoms with E-state index < -0.39 is 0 Å². The van der Waals surface area contributed by atoms with Gasteiger partial charge in [-0.3, -0.25) is 4.79 Å². The molecule has 0 atom stereocenters. The summed E-state index contributed by atoms with van der Waals surface area (Å²) < 4.78 is 16.6. The van der Waals surface area contributed by atoms with Gasteiger partial charge in [0.05, 0.1) is 14.2 Å². The molecule has 1 saturated heterocycles. The minimum atomic E-state index is -0.0211. The number of carbonyl (C=O) groups excluding carboxylic acids is 1. The minimum absolute atomic E-state index is 0.0211. The third-order valence-electron chi connectivity index (χ3n) is 5.36. The molecule has 1 aliphatic heterocycles. The van der Waals surface area contributed by atoms with Gasteiger partial charge in [0.25, 0.3) is 6.01 Å². The summed E-state index contributed by atoms with van der Waals surface area (Å²) in [6.07, 6.45) is 1.53. The summed E-state index contributed by atoms with van der Waals surface area (Å²) in [4.78, 5) is 19.3. The number of anilines is 1. The molecular formula is C22H25N3O4. The number of oxazole rings is 1. The van der Waals surface area contributed by atoms with Crippen LogP contribution in [-0.2, 0) is 11.3 Å². The SMILES string of the molecule is COc1cccc(CNC(=O)C2CCN(c3nc4ccccc4o3)CC2)c1OC. The van der Waals surface area contributed by atoms with E-state index in [0.717, 1.165) is 42.6 Å². The van der Waals surface area contributed by atoms with Crippen molar-refractivity contribution in [3.8, 4) is 11.5 Å². The second kappa shape index (κ2) is 8.43. The van der Waals surface area contributed by atoms with Gasteiger partial charge in [0, 0.05) is 31.1 Å². The molecule has 7 nitrogen and oxygen atoms in total. The number of benzene rings is 2. The molecule has 3 aromatic rings. The second-order valence-electron chi connectivity index (χ2n) is 7.10. The van der Waals surface area contributed by atoms with E-state index in [1.165, 1.54) is 0 Å². The van der Waals surface area contributed by atoms with Crippen LogP contribution in [0.1, 0.15) is 18.4 Å². The van der Waals surface area contributed by atoms with Gasteiger partial charge < -0.3 is 24.1 Å². The number of ether oxygens (including phenoxy) is 2. The molecule has 7 heteroatoms. The first-order valence-corrected chi connectivity index (χ1v) is 9.77. The molecule has 0 saturated carbocycles. The lowest BCUT2D eigenvalue weighted by Crippen LogP contribution is -2.40. The molecule has 1 aromatic heterocycles. The zero-order chi connectivity index (χ0) is 20.2. The van der Waals surface area contributed by atoms with Crippen molar-refractivity contribution in [2.45, 2.75) is 19.4 Å². The average Bonchev–Trinajstić information content (AvgIpc) is 3.21. The van der Waals surface area contributed by atoms with E-state index >= 15 is 0 Å². The normalized spacial score (nSPS) is 14.8. The number of fused-ring (bicyclic) bond motifs is 1. The van der Waals surface area contributed by atoms with Crippen molar-refractivity contribution >= 4 is 23.0 Å². The van der Waals surface area contributed by atoms with Gasteiger partial charge in [-0.05, 0) is 31.0 Å². The first kappa shape index (κ1) is 19.1. The van der Waals surface area contributed by atoms with Gasteiger partial charge >= 0.3 is 0 Å². The highest BCUT2D eigenvalue weighted by Crippen LogP contribution is 2.31. The number of rotatable bonds is 6. The van der Waals surface area contributed by atoms with Gasteiger partial charge in [-0.1, -0.05) is 24.3 Å². The number of hydrogen-bond donors (Lipinski definition) is 1. The van der Waals surface area contributed by atoms with Crippen molar-refractivity contribution < 1.29 is 18.7 Å². The summed E-state index contributed by atoms with van der Waals surface area (Å²) in [5.41, 5.74) is 2.54. The molecule has 0 radical (unpaired) electrons. The Hall–Kier alpha value is -3.22. The number of para-hydroxylation sites is 3. The van der Waals surface area contributed by atoms with Gasteiger partial charge in [-0.15, -0.1) is 0 Å². The number of amides is 1. The molecular weight excluding hydrogens is 370 g/mol. The number of methoxy groups -OCH3 is 2. The van der Waals surface area contributed by atoms with Crippen molar-refractivity contribution in [1.29, 1.82) is 0 Å². The summed E-state index contributed by atoms with van der Waals surface area (Å²) in [7, 11) is 3.20. The summed E-state index contributed by atoms with van der Waals surface area (Å²) in [5.74, 6) is 1.35. The Morgan fingerprint density at radius 3 is 2.66 bits per heavy atom. The molecule has 1 amide bonds. The Balaban J connectivity index is 1.33. The fourth-order valence-corrected chi connectivity index (χ4v) is 3.75. The first-order chi connectivity index (χ1) is 14.2. The Labute approximate surface area is 169 Å². The third kappa shape index (κ3) is 3.99. The van der Waals surface area contributed by atoms with E-state index in [0.29, 0.717) is 24.1 Å². The predicted octanol–water partition coefficient (Wildman–Crippen LogP) is 3.38. The number of carbonyl (C=O) groups is 1. The van der Waals surface area contributed by atoms with Gasteiger partial charge in [-0.2, -0.15) is 4.98 Å². The summed E-state index contributed by atoms with van der Waals surface area (Å²) in [5, 5.41) is 3.04. The zero-order valence-corrected chi connectivity index (χ0v) is 16.7. The maximum atomic E-state index is 12.7. The Morgan fingerprint density at radius 2 is 1.93 bits per heavy atom. The largest absolute Gasteiger partial charge is 0.493 e. The number of hydrogen-bond acceptors (Lipinski definition) is 6. The number of nitrogens with zero attached hydrogens (tertiary/aromatic N) is 2. The van der Waals surface area contributed by atoms with E-state index in [1.807, 2.05) is 42.5 Å². The third-order valence-corrected chi connectivity index (χ3v) is 5.36.